The maximum atomic E-state index is 5.38. The molecule has 2 aromatic carbocycles. The molecule has 0 bridgehead atoms. The van der Waals surface area contributed by atoms with Crippen molar-refractivity contribution < 1.29 is 9.47 Å². The largest absolute Gasteiger partial charge is 0.493 e. The van der Waals surface area contributed by atoms with Gasteiger partial charge in [-0.1, -0.05) is 36.4 Å². The summed E-state index contributed by atoms with van der Waals surface area (Å²) in [5, 5.41) is 10.5. The summed E-state index contributed by atoms with van der Waals surface area (Å²) in [4.78, 5) is 4.34. The number of nitrogens with one attached hydrogen (secondary N) is 3. The zero-order valence-corrected chi connectivity index (χ0v) is 21.8. The number of aliphatic imine (C=N–C) groups is 1. The molecule has 3 N–H and O–H groups in total. The van der Waals surface area contributed by atoms with E-state index in [1.165, 1.54) is 11.1 Å². The molecular formula is C24H37IN4O2. The number of benzene rings is 2. The van der Waals surface area contributed by atoms with Crippen LogP contribution in [0.25, 0.3) is 0 Å². The summed E-state index contributed by atoms with van der Waals surface area (Å²) < 4.78 is 10.7. The molecule has 172 valence electrons. The minimum Gasteiger partial charge on any atom is -0.493 e. The molecule has 7 heteroatoms. The second kappa shape index (κ2) is 13.4. The van der Waals surface area contributed by atoms with Gasteiger partial charge in [0.05, 0.1) is 14.2 Å². The maximum Gasteiger partial charge on any atom is 0.191 e. The van der Waals surface area contributed by atoms with E-state index >= 15 is 0 Å². The Hall–Kier alpha value is -2.00. The Morgan fingerprint density at radius 1 is 1.00 bits per heavy atom. The van der Waals surface area contributed by atoms with E-state index in [4.69, 9.17) is 9.47 Å². The first kappa shape index (κ1) is 27.0. The van der Waals surface area contributed by atoms with Crippen LogP contribution >= 0.6 is 24.0 Å². The van der Waals surface area contributed by atoms with Crippen LogP contribution in [0.4, 0.5) is 0 Å². The van der Waals surface area contributed by atoms with Gasteiger partial charge in [0.25, 0.3) is 0 Å². The summed E-state index contributed by atoms with van der Waals surface area (Å²) in [6.07, 6.45) is 0.855. The van der Waals surface area contributed by atoms with Crippen LogP contribution in [-0.2, 0) is 6.42 Å². The van der Waals surface area contributed by atoms with Crippen molar-refractivity contribution in [2.75, 3.05) is 34.4 Å². The molecule has 1 atom stereocenters. The second-order valence-electron chi connectivity index (χ2n) is 7.95. The summed E-state index contributed by atoms with van der Waals surface area (Å²) in [5.74, 6) is 2.28. The molecule has 31 heavy (non-hydrogen) atoms. The van der Waals surface area contributed by atoms with Crippen molar-refractivity contribution in [1.29, 1.82) is 0 Å². The lowest BCUT2D eigenvalue weighted by Crippen LogP contribution is -2.52. The number of rotatable bonds is 10. The molecule has 0 radical (unpaired) electrons. The molecule has 2 rings (SSSR count). The molecular weight excluding hydrogens is 503 g/mol. The Kier molecular flexibility index (Phi) is 11.7. The molecule has 6 nitrogen and oxygen atoms in total. The first-order chi connectivity index (χ1) is 14.4. The Balaban J connectivity index is 0.00000480. The molecule has 0 aliphatic heterocycles. The molecule has 0 fully saturated rings. The molecule has 0 aliphatic carbocycles. The van der Waals surface area contributed by atoms with E-state index in [2.05, 4.69) is 72.0 Å². The predicted octanol–water partition coefficient (Wildman–Crippen LogP) is 4.16. The lowest BCUT2D eigenvalue weighted by Gasteiger charge is -2.31. The number of guanidine groups is 1. The summed E-state index contributed by atoms with van der Waals surface area (Å²) in [7, 11) is 5.09. The van der Waals surface area contributed by atoms with Gasteiger partial charge >= 0.3 is 0 Å². The summed E-state index contributed by atoms with van der Waals surface area (Å²) in [6.45, 7) is 8.09. The van der Waals surface area contributed by atoms with Crippen LogP contribution in [0.15, 0.2) is 53.5 Å². The first-order valence-corrected chi connectivity index (χ1v) is 10.4. The first-order valence-electron chi connectivity index (χ1n) is 10.4. The zero-order valence-electron chi connectivity index (χ0n) is 19.5. The highest BCUT2D eigenvalue weighted by molar-refractivity contribution is 14.0. The molecule has 1 unspecified atom stereocenters. The minimum atomic E-state index is -0.101. The van der Waals surface area contributed by atoms with Crippen molar-refractivity contribution in [2.24, 2.45) is 4.99 Å². The lowest BCUT2D eigenvalue weighted by molar-refractivity contribution is 0.345. The monoisotopic (exact) mass is 540 g/mol. The number of hydrogen-bond acceptors (Lipinski definition) is 4. The molecule has 2 aromatic rings. The van der Waals surface area contributed by atoms with Crippen molar-refractivity contribution in [3.05, 3.63) is 59.7 Å². The Morgan fingerprint density at radius 2 is 1.68 bits per heavy atom. The van der Waals surface area contributed by atoms with Crippen LogP contribution in [0.1, 0.15) is 37.9 Å². The standard InChI is InChI=1S/C24H36N4O2.HI/c1-18(20-10-8-7-9-11-20)28-24(2,3)17-27-23(25-4)26-15-14-19-12-13-21(29-5)22(16-19)30-6;/h7-13,16,18,28H,14-15,17H2,1-6H3,(H2,25,26,27);1H. The van der Waals surface area contributed by atoms with Crippen LogP contribution in [0, 0.1) is 0 Å². The van der Waals surface area contributed by atoms with E-state index < -0.39 is 0 Å². The Morgan fingerprint density at radius 3 is 2.29 bits per heavy atom. The van der Waals surface area contributed by atoms with Gasteiger partial charge in [0.1, 0.15) is 0 Å². The third-order valence-electron chi connectivity index (χ3n) is 4.98. The van der Waals surface area contributed by atoms with Crippen LogP contribution in [0.2, 0.25) is 0 Å². The fourth-order valence-corrected chi connectivity index (χ4v) is 3.35. The van der Waals surface area contributed by atoms with E-state index in [1.807, 2.05) is 18.2 Å². The van der Waals surface area contributed by atoms with Crippen molar-refractivity contribution in [3.8, 4) is 11.5 Å². The molecule has 0 aromatic heterocycles. The van der Waals surface area contributed by atoms with Gasteiger partial charge in [-0.2, -0.15) is 0 Å². The number of halogens is 1. The number of hydrogen-bond donors (Lipinski definition) is 3. The molecule has 0 aliphatic rings. The van der Waals surface area contributed by atoms with Gasteiger partial charge < -0.3 is 25.4 Å². The fraction of sp³-hybridized carbons (Fsp3) is 0.458. The number of nitrogens with zero attached hydrogens (tertiary/aromatic N) is 1. The third kappa shape index (κ3) is 8.95. The average Bonchev–Trinajstić information content (AvgIpc) is 2.76. The summed E-state index contributed by atoms with van der Waals surface area (Å²) in [5.41, 5.74) is 2.35. The van der Waals surface area contributed by atoms with Gasteiger partial charge in [0, 0.05) is 31.7 Å². The average molecular weight is 540 g/mol. The Labute approximate surface area is 204 Å². The van der Waals surface area contributed by atoms with Crippen LogP contribution < -0.4 is 25.4 Å². The van der Waals surface area contributed by atoms with E-state index in [0.717, 1.165) is 37.0 Å². The number of ether oxygens (including phenoxy) is 2. The molecule has 0 heterocycles. The van der Waals surface area contributed by atoms with Gasteiger partial charge in [0.15, 0.2) is 17.5 Å². The van der Waals surface area contributed by atoms with E-state index in [9.17, 15) is 0 Å². The highest BCUT2D eigenvalue weighted by atomic mass is 127. The third-order valence-corrected chi connectivity index (χ3v) is 4.98. The fourth-order valence-electron chi connectivity index (χ4n) is 3.35. The second-order valence-corrected chi connectivity index (χ2v) is 7.95. The van der Waals surface area contributed by atoms with Gasteiger partial charge in [0.2, 0.25) is 0 Å². The van der Waals surface area contributed by atoms with Crippen LogP contribution in [-0.4, -0.2) is 45.9 Å². The van der Waals surface area contributed by atoms with Crippen molar-refractivity contribution in [3.63, 3.8) is 0 Å². The van der Waals surface area contributed by atoms with Crippen LogP contribution in [0.3, 0.4) is 0 Å². The molecule has 0 saturated carbocycles. The topological polar surface area (TPSA) is 66.9 Å². The van der Waals surface area contributed by atoms with Gasteiger partial charge in [-0.25, -0.2) is 0 Å². The molecule has 0 saturated heterocycles. The quantitative estimate of drug-likeness (QED) is 0.240. The van der Waals surface area contributed by atoms with Gasteiger partial charge in [-0.3, -0.25) is 4.99 Å². The maximum absolute atomic E-state index is 5.38. The predicted molar refractivity (Wildman–Crippen MR) is 140 cm³/mol. The lowest BCUT2D eigenvalue weighted by atomic mass is 10.0. The van der Waals surface area contributed by atoms with E-state index in [-0.39, 0.29) is 35.6 Å². The molecule has 0 amide bonds. The summed E-state index contributed by atoms with van der Waals surface area (Å²) >= 11 is 0. The van der Waals surface area contributed by atoms with E-state index in [1.54, 1.807) is 21.3 Å². The van der Waals surface area contributed by atoms with Crippen molar-refractivity contribution in [1.82, 2.24) is 16.0 Å². The highest BCUT2D eigenvalue weighted by Gasteiger charge is 2.21. The minimum absolute atomic E-state index is 0. The van der Waals surface area contributed by atoms with E-state index in [0.29, 0.717) is 0 Å². The highest BCUT2D eigenvalue weighted by Crippen LogP contribution is 2.27. The van der Waals surface area contributed by atoms with Crippen LogP contribution in [0.5, 0.6) is 11.5 Å². The normalized spacial score (nSPS) is 12.5. The molecule has 0 spiro atoms. The van der Waals surface area contributed by atoms with Gasteiger partial charge in [-0.15, -0.1) is 24.0 Å². The Bertz CT molecular complexity index is 812. The smallest absolute Gasteiger partial charge is 0.191 e. The van der Waals surface area contributed by atoms with Crippen molar-refractivity contribution in [2.45, 2.75) is 38.8 Å². The van der Waals surface area contributed by atoms with Gasteiger partial charge in [-0.05, 0) is 50.5 Å². The van der Waals surface area contributed by atoms with Crippen molar-refractivity contribution >= 4 is 29.9 Å². The number of methoxy groups -OCH3 is 2. The SMILES string of the molecule is CN=C(NCCc1ccc(OC)c(OC)c1)NCC(C)(C)NC(C)c1ccccc1.I. The summed E-state index contributed by atoms with van der Waals surface area (Å²) in [6, 6.07) is 16.7. The zero-order chi connectivity index (χ0) is 22.0.